The number of aromatic amines is 1. The van der Waals surface area contributed by atoms with E-state index >= 15 is 0 Å². The number of hydrogen-bond acceptors (Lipinski definition) is 3. The van der Waals surface area contributed by atoms with E-state index in [1.54, 1.807) is 19.4 Å². The molecule has 26 heavy (non-hydrogen) atoms. The van der Waals surface area contributed by atoms with Crippen LogP contribution in [0.15, 0.2) is 66.9 Å². The molecular formula is C21H21N3O2. The molecule has 0 bridgehead atoms. The normalized spacial score (nSPS) is 11.2. The third-order valence-electron chi connectivity index (χ3n) is 4.02. The molecule has 3 aromatic rings. The van der Waals surface area contributed by atoms with E-state index in [-0.39, 0.29) is 5.91 Å². The summed E-state index contributed by atoms with van der Waals surface area (Å²) in [6.45, 7) is 2.22. The lowest BCUT2D eigenvalue weighted by atomic mass is 10.1. The van der Waals surface area contributed by atoms with Crippen molar-refractivity contribution in [2.75, 3.05) is 7.11 Å². The topological polar surface area (TPSA) is 67.0 Å². The van der Waals surface area contributed by atoms with Crippen LogP contribution in [0.2, 0.25) is 0 Å². The van der Waals surface area contributed by atoms with Crippen molar-refractivity contribution in [2.45, 2.75) is 13.5 Å². The minimum Gasteiger partial charge on any atom is -0.496 e. The van der Waals surface area contributed by atoms with Crippen molar-refractivity contribution >= 4 is 11.5 Å². The smallest absolute Gasteiger partial charge is 0.244 e. The van der Waals surface area contributed by atoms with Crippen molar-refractivity contribution < 1.29 is 9.53 Å². The summed E-state index contributed by atoms with van der Waals surface area (Å²) in [5, 5.41) is 2.85. The Morgan fingerprint density at radius 1 is 1.15 bits per heavy atom. The van der Waals surface area contributed by atoms with Gasteiger partial charge in [-0.3, -0.25) is 4.79 Å². The molecule has 5 nitrogen and oxygen atoms in total. The van der Waals surface area contributed by atoms with Crippen LogP contribution in [0.4, 0.5) is 0 Å². The number of carbonyl (C=O) groups is 1. The second kappa shape index (κ2) is 8.16. The summed E-state index contributed by atoms with van der Waals surface area (Å²) in [6.07, 6.45) is 3.34. The fourth-order valence-corrected chi connectivity index (χ4v) is 2.68. The SMILES string of the molecule is COc1ccccc1/C(C)=C/C(=O)NCc1ncc(-c2ccccc2)[nH]1. The standard InChI is InChI=1S/C21H21N3O2/c1-15(17-10-6-7-11-19(17)26-2)12-21(25)23-14-20-22-13-18(24-20)16-8-4-3-5-9-16/h3-13H,14H2,1-2H3,(H,22,24)(H,23,25)/b15-12+. The maximum atomic E-state index is 12.2. The highest BCUT2D eigenvalue weighted by atomic mass is 16.5. The molecule has 5 heteroatoms. The average Bonchev–Trinajstić information content (AvgIpc) is 3.16. The second-order valence-electron chi connectivity index (χ2n) is 5.86. The van der Waals surface area contributed by atoms with E-state index in [2.05, 4.69) is 15.3 Å². The van der Waals surface area contributed by atoms with E-state index in [1.807, 2.05) is 61.5 Å². The fourth-order valence-electron chi connectivity index (χ4n) is 2.68. The number of rotatable bonds is 6. The van der Waals surface area contributed by atoms with Gasteiger partial charge in [-0.1, -0.05) is 48.5 Å². The van der Waals surface area contributed by atoms with E-state index in [1.165, 1.54) is 0 Å². The Labute approximate surface area is 152 Å². The Bertz CT molecular complexity index is 914. The predicted molar refractivity (Wildman–Crippen MR) is 103 cm³/mol. The van der Waals surface area contributed by atoms with Crippen LogP contribution < -0.4 is 10.1 Å². The van der Waals surface area contributed by atoms with Crippen LogP contribution in [-0.4, -0.2) is 23.0 Å². The van der Waals surface area contributed by atoms with Gasteiger partial charge in [0.25, 0.3) is 0 Å². The van der Waals surface area contributed by atoms with E-state index in [0.717, 1.165) is 28.1 Å². The Morgan fingerprint density at radius 3 is 2.65 bits per heavy atom. The van der Waals surface area contributed by atoms with Crippen LogP contribution in [0.25, 0.3) is 16.8 Å². The molecule has 1 heterocycles. The third kappa shape index (κ3) is 4.19. The number of para-hydroxylation sites is 1. The molecule has 0 saturated heterocycles. The van der Waals surface area contributed by atoms with Crippen molar-refractivity contribution in [3.63, 3.8) is 0 Å². The molecule has 0 fully saturated rings. The molecule has 1 amide bonds. The molecule has 0 aliphatic rings. The molecule has 0 aliphatic carbocycles. The Morgan fingerprint density at radius 2 is 1.88 bits per heavy atom. The predicted octanol–water partition coefficient (Wildman–Crippen LogP) is 3.81. The molecule has 0 aliphatic heterocycles. The monoisotopic (exact) mass is 347 g/mol. The van der Waals surface area contributed by atoms with Gasteiger partial charge in [-0.15, -0.1) is 0 Å². The van der Waals surface area contributed by atoms with Crippen LogP contribution in [0.1, 0.15) is 18.3 Å². The Hall–Kier alpha value is -3.34. The summed E-state index contributed by atoms with van der Waals surface area (Å²) >= 11 is 0. The lowest BCUT2D eigenvalue weighted by Gasteiger charge is -2.08. The zero-order valence-electron chi connectivity index (χ0n) is 14.8. The number of ether oxygens (including phenoxy) is 1. The quantitative estimate of drug-likeness (QED) is 0.667. The van der Waals surface area contributed by atoms with Gasteiger partial charge in [0.05, 0.1) is 25.5 Å². The van der Waals surface area contributed by atoms with Crippen molar-refractivity contribution in [3.8, 4) is 17.0 Å². The highest BCUT2D eigenvalue weighted by Crippen LogP contribution is 2.25. The summed E-state index contributed by atoms with van der Waals surface area (Å²) in [4.78, 5) is 19.7. The van der Waals surface area contributed by atoms with Crippen LogP contribution in [0, 0.1) is 0 Å². The summed E-state index contributed by atoms with van der Waals surface area (Å²) in [7, 11) is 1.62. The van der Waals surface area contributed by atoms with E-state index < -0.39 is 0 Å². The van der Waals surface area contributed by atoms with Crippen molar-refractivity contribution in [1.29, 1.82) is 0 Å². The van der Waals surface area contributed by atoms with Gasteiger partial charge in [-0.25, -0.2) is 4.98 Å². The van der Waals surface area contributed by atoms with Gasteiger partial charge < -0.3 is 15.0 Å². The lowest BCUT2D eigenvalue weighted by molar-refractivity contribution is -0.116. The number of hydrogen-bond donors (Lipinski definition) is 2. The molecule has 0 spiro atoms. The van der Waals surface area contributed by atoms with E-state index in [9.17, 15) is 4.79 Å². The molecule has 0 unspecified atom stereocenters. The number of aromatic nitrogens is 2. The summed E-state index contributed by atoms with van der Waals surface area (Å²) in [5.41, 5.74) is 3.72. The van der Waals surface area contributed by atoms with Crippen LogP contribution in [0.3, 0.4) is 0 Å². The number of H-pyrrole nitrogens is 1. The third-order valence-corrected chi connectivity index (χ3v) is 4.02. The summed E-state index contributed by atoms with van der Waals surface area (Å²) in [5.74, 6) is 1.28. The molecule has 0 saturated carbocycles. The molecule has 0 radical (unpaired) electrons. The van der Waals surface area contributed by atoms with Gasteiger partial charge in [-0.2, -0.15) is 0 Å². The highest BCUT2D eigenvalue weighted by Gasteiger charge is 2.07. The maximum absolute atomic E-state index is 12.2. The minimum atomic E-state index is -0.175. The Kier molecular flexibility index (Phi) is 5.49. The fraction of sp³-hybridized carbons (Fsp3) is 0.143. The molecule has 0 atom stereocenters. The van der Waals surface area contributed by atoms with Crippen molar-refractivity contribution in [1.82, 2.24) is 15.3 Å². The molecular weight excluding hydrogens is 326 g/mol. The number of allylic oxidation sites excluding steroid dienone is 1. The number of nitrogens with one attached hydrogen (secondary N) is 2. The average molecular weight is 347 g/mol. The zero-order chi connectivity index (χ0) is 18.4. The molecule has 3 rings (SSSR count). The van der Waals surface area contributed by atoms with Crippen LogP contribution >= 0.6 is 0 Å². The van der Waals surface area contributed by atoms with Gasteiger partial charge in [0.1, 0.15) is 11.6 Å². The van der Waals surface area contributed by atoms with Crippen molar-refractivity contribution in [3.05, 3.63) is 78.3 Å². The lowest BCUT2D eigenvalue weighted by Crippen LogP contribution is -2.21. The first-order valence-corrected chi connectivity index (χ1v) is 8.36. The molecule has 2 N–H and O–H groups in total. The second-order valence-corrected chi connectivity index (χ2v) is 5.86. The first-order valence-electron chi connectivity index (χ1n) is 8.36. The number of carbonyl (C=O) groups excluding carboxylic acids is 1. The van der Waals surface area contributed by atoms with Gasteiger partial charge in [0.2, 0.25) is 5.91 Å². The van der Waals surface area contributed by atoms with Crippen LogP contribution in [0.5, 0.6) is 5.75 Å². The van der Waals surface area contributed by atoms with Crippen molar-refractivity contribution in [2.24, 2.45) is 0 Å². The Balaban J connectivity index is 1.63. The first kappa shape index (κ1) is 17.5. The van der Waals surface area contributed by atoms with E-state index in [0.29, 0.717) is 12.4 Å². The maximum Gasteiger partial charge on any atom is 0.244 e. The zero-order valence-corrected chi connectivity index (χ0v) is 14.8. The van der Waals surface area contributed by atoms with Gasteiger partial charge in [-0.05, 0) is 24.1 Å². The minimum absolute atomic E-state index is 0.175. The van der Waals surface area contributed by atoms with Gasteiger partial charge in [0, 0.05) is 11.6 Å². The van der Waals surface area contributed by atoms with E-state index in [4.69, 9.17) is 4.74 Å². The van der Waals surface area contributed by atoms with Gasteiger partial charge >= 0.3 is 0 Å². The van der Waals surface area contributed by atoms with Crippen LogP contribution in [-0.2, 0) is 11.3 Å². The number of amides is 1. The number of nitrogens with zero attached hydrogens (tertiary/aromatic N) is 1. The molecule has 132 valence electrons. The number of imidazole rings is 1. The number of benzene rings is 2. The summed E-state index contributed by atoms with van der Waals surface area (Å²) < 4.78 is 5.33. The van der Waals surface area contributed by atoms with Gasteiger partial charge in [0.15, 0.2) is 0 Å². The molecule has 1 aromatic heterocycles. The molecule has 2 aromatic carbocycles. The first-order chi connectivity index (χ1) is 12.7. The summed E-state index contributed by atoms with van der Waals surface area (Å²) in [6, 6.07) is 17.6. The highest BCUT2D eigenvalue weighted by molar-refractivity contribution is 5.95. The number of methoxy groups -OCH3 is 1. The largest absolute Gasteiger partial charge is 0.496 e.